The number of aliphatic imine (C=N–C) groups is 1. The zero-order valence-electron chi connectivity index (χ0n) is 14.5. The van der Waals surface area contributed by atoms with Crippen LogP contribution in [0.3, 0.4) is 0 Å². The van der Waals surface area contributed by atoms with Crippen molar-refractivity contribution in [3.63, 3.8) is 0 Å². The molecule has 1 unspecified atom stereocenters. The van der Waals surface area contributed by atoms with Gasteiger partial charge in [0.1, 0.15) is 0 Å². The van der Waals surface area contributed by atoms with Crippen LogP contribution in [0.5, 0.6) is 0 Å². The molecule has 1 aliphatic heterocycles. The Hall–Kier alpha value is -1.75. The lowest BCUT2D eigenvalue weighted by molar-refractivity contribution is -0.129. The van der Waals surface area contributed by atoms with E-state index in [4.69, 9.17) is 11.6 Å². The Balaban J connectivity index is 1.87. The van der Waals surface area contributed by atoms with Gasteiger partial charge in [-0.05, 0) is 31.4 Å². The van der Waals surface area contributed by atoms with Crippen molar-refractivity contribution < 1.29 is 4.79 Å². The number of carbonyl (C=O) groups excluding carboxylic acids is 1. The first-order valence-electron chi connectivity index (χ1n) is 8.70. The average Bonchev–Trinajstić information content (AvgIpc) is 3.04. The van der Waals surface area contributed by atoms with E-state index in [9.17, 15) is 4.79 Å². The summed E-state index contributed by atoms with van der Waals surface area (Å²) in [4.78, 5) is 18.3. The molecule has 0 bridgehead atoms. The third-order valence-corrected chi connectivity index (χ3v) is 4.51. The molecule has 1 aromatic carbocycles. The molecule has 2 N–H and O–H groups in total. The highest BCUT2D eigenvalue weighted by Crippen LogP contribution is 2.15. The number of hydrogen-bond donors (Lipinski definition) is 2. The van der Waals surface area contributed by atoms with Gasteiger partial charge in [0.05, 0.1) is 0 Å². The van der Waals surface area contributed by atoms with E-state index in [-0.39, 0.29) is 11.9 Å². The fourth-order valence-electron chi connectivity index (χ4n) is 2.83. The largest absolute Gasteiger partial charge is 0.357 e. The van der Waals surface area contributed by atoms with E-state index < -0.39 is 0 Å². The van der Waals surface area contributed by atoms with Crippen molar-refractivity contribution in [3.05, 3.63) is 34.9 Å². The monoisotopic (exact) mass is 350 g/mol. The molecule has 0 aromatic heterocycles. The molecule has 1 heterocycles. The van der Waals surface area contributed by atoms with Crippen molar-refractivity contribution in [2.75, 3.05) is 26.2 Å². The summed E-state index contributed by atoms with van der Waals surface area (Å²) in [5, 5.41) is 7.50. The van der Waals surface area contributed by atoms with Gasteiger partial charge >= 0.3 is 0 Å². The number of nitrogens with one attached hydrogen (secondary N) is 2. The van der Waals surface area contributed by atoms with E-state index in [0.717, 1.165) is 49.0 Å². The zero-order chi connectivity index (χ0) is 17.4. The van der Waals surface area contributed by atoms with Gasteiger partial charge in [-0.15, -0.1) is 0 Å². The van der Waals surface area contributed by atoms with Crippen LogP contribution in [0.4, 0.5) is 0 Å². The number of rotatable bonds is 6. The Morgan fingerprint density at radius 3 is 2.88 bits per heavy atom. The Kier molecular flexibility index (Phi) is 7.37. The molecule has 0 aliphatic carbocycles. The predicted molar refractivity (Wildman–Crippen MR) is 99.5 cm³/mol. The maximum atomic E-state index is 11.8. The molecule has 6 heteroatoms. The van der Waals surface area contributed by atoms with Gasteiger partial charge in [-0.25, -0.2) is 0 Å². The molecule has 24 heavy (non-hydrogen) atoms. The van der Waals surface area contributed by atoms with Gasteiger partial charge in [0, 0.05) is 43.7 Å². The molecule has 1 aromatic rings. The maximum absolute atomic E-state index is 11.8. The van der Waals surface area contributed by atoms with E-state index in [2.05, 4.69) is 15.6 Å². The predicted octanol–water partition coefficient (Wildman–Crippen LogP) is 2.45. The topological polar surface area (TPSA) is 56.7 Å². The number of carbonyl (C=O) groups is 1. The summed E-state index contributed by atoms with van der Waals surface area (Å²) < 4.78 is 0. The van der Waals surface area contributed by atoms with Crippen LogP contribution in [0, 0.1) is 0 Å². The van der Waals surface area contributed by atoms with Crippen molar-refractivity contribution in [2.45, 2.75) is 39.2 Å². The maximum Gasteiger partial charge on any atom is 0.222 e. The summed E-state index contributed by atoms with van der Waals surface area (Å²) in [6, 6.07) is 8.13. The normalized spacial score (nSPS) is 17.9. The van der Waals surface area contributed by atoms with Crippen molar-refractivity contribution in [1.29, 1.82) is 0 Å². The van der Waals surface area contributed by atoms with E-state index >= 15 is 0 Å². The molecule has 1 aliphatic rings. The number of likely N-dealkylation sites (tertiary alicyclic amines) is 1. The number of nitrogens with zero attached hydrogens (tertiary/aromatic N) is 2. The van der Waals surface area contributed by atoms with Crippen LogP contribution >= 0.6 is 11.6 Å². The van der Waals surface area contributed by atoms with Crippen molar-refractivity contribution in [2.24, 2.45) is 4.99 Å². The average molecular weight is 351 g/mol. The second-order valence-corrected chi connectivity index (χ2v) is 6.33. The van der Waals surface area contributed by atoms with Gasteiger partial charge in [0.15, 0.2) is 5.96 Å². The number of halogens is 1. The Bertz CT molecular complexity index is 576. The smallest absolute Gasteiger partial charge is 0.222 e. The summed E-state index contributed by atoms with van der Waals surface area (Å²) in [6.45, 7) is 7.01. The quantitative estimate of drug-likeness (QED) is 0.612. The minimum atomic E-state index is 0.222. The number of benzene rings is 1. The highest BCUT2D eigenvalue weighted by molar-refractivity contribution is 6.31. The highest BCUT2D eigenvalue weighted by atomic mass is 35.5. The Morgan fingerprint density at radius 2 is 2.17 bits per heavy atom. The molecule has 5 nitrogen and oxygen atoms in total. The van der Waals surface area contributed by atoms with Gasteiger partial charge in [-0.3, -0.25) is 9.79 Å². The van der Waals surface area contributed by atoms with Crippen LogP contribution in [0.25, 0.3) is 0 Å². The Labute approximate surface area is 149 Å². The number of guanidine groups is 1. The zero-order valence-corrected chi connectivity index (χ0v) is 15.3. The standard InChI is InChI=1S/C18H27ClN4O/c1-3-17(24)23-12-10-15(13-23)22-18(20-4-2)21-11-9-14-7-5-6-8-16(14)19/h5-8,15H,3-4,9-13H2,1-2H3,(H2,20,21,22). The number of amides is 1. The van der Waals surface area contributed by atoms with Crippen LogP contribution < -0.4 is 10.6 Å². The van der Waals surface area contributed by atoms with Crippen molar-refractivity contribution in [1.82, 2.24) is 15.5 Å². The second-order valence-electron chi connectivity index (χ2n) is 5.93. The van der Waals surface area contributed by atoms with Crippen molar-refractivity contribution >= 4 is 23.5 Å². The summed E-state index contributed by atoms with van der Waals surface area (Å²) in [5.41, 5.74) is 1.11. The van der Waals surface area contributed by atoms with E-state index in [1.54, 1.807) is 0 Å². The lowest BCUT2D eigenvalue weighted by Gasteiger charge is -2.18. The summed E-state index contributed by atoms with van der Waals surface area (Å²) in [6.07, 6.45) is 2.33. The molecule has 132 valence electrons. The Morgan fingerprint density at radius 1 is 1.38 bits per heavy atom. The minimum Gasteiger partial charge on any atom is -0.357 e. The second kappa shape index (κ2) is 9.52. The third kappa shape index (κ3) is 5.41. The summed E-state index contributed by atoms with van der Waals surface area (Å²) in [5.74, 6) is 1.03. The summed E-state index contributed by atoms with van der Waals surface area (Å²) in [7, 11) is 0. The third-order valence-electron chi connectivity index (χ3n) is 4.14. The molecule has 0 spiro atoms. The first kappa shape index (κ1) is 18.6. The SMILES string of the molecule is CCNC(=NCCc1ccccc1Cl)NC1CCN(C(=O)CC)C1. The molecule has 1 atom stereocenters. The van der Waals surface area contributed by atoms with Crippen LogP contribution in [-0.4, -0.2) is 49.0 Å². The van der Waals surface area contributed by atoms with Crippen molar-refractivity contribution in [3.8, 4) is 0 Å². The highest BCUT2D eigenvalue weighted by Gasteiger charge is 2.25. The number of hydrogen-bond acceptors (Lipinski definition) is 2. The molecule has 2 rings (SSSR count). The minimum absolute atomic E-state index is 0.222. The van der Waals surface area contributed by atoms with Gasteiger partial charge in [0.2, 0.25) is 5.91 Å². The van der Waals surface area contributed by atoms with Crippen LogP contribution in [-0.2, 0) is 11.2 Å². The van der Waals surface area contributed by atoms with Crippen LogP contribution in [0.15, 0.2) is 29.3 Å². The first-order valence-corrected chi connectivity index (χ1v) is 9.07. The molecule has 0 saturated carbocycles. The van der Waals surface area contributed by atoms with Gasteiger partial charge in [-0.2, -0.15) is 0 Å². The summed E-state index contributed by atoms with van der Waals surface area (Å²) >= 11 is 6.18. The van der Waals surface area contributed by atoms with Gasteiger partial charge in [-0.1, -0.05) is 36.7 Å². The van der Waals surface area contributed by atoms with Crippen LogP contribution in [0.1, 0.15) is 32.3 Å². The molecule has 1 fully saturated rings. The lowest BCUT2D eigenvalue weighted by atomic mass is 10.1. The molecule has 1 saturated heterocycles. The lowest BCUT2D eigenvalue weighted by Crippen LogP contribution is -2.45. The van der Waals surface area contributed by atoms with Gasteiger partial charge in [0.25, 0.3) is 0 Å². The molecule has 1 amide bonds. The van der Waals surface area contributed by atoms with E-state index in [0.29, 0.717) is 13.0 Å². The molecular weight excluding hydrogens is 324 g/mol. The molecule has 0 radical (unpaired) electrons. The van der Waals surface area contributed by atoms with E-state index in [1.165, 1.54) is 0 Å². The fourth-order valence-corrected chi connectivity index (χ4v) is 3.06. The van der Waals surface area contributed by atoms with E-state index in [1.807, 2.05) is 43.0 Å². The fraction of sp³-hybridized carbons (Fsp3) is 0.556. The van der Waals surface area contributed by atoms with Crippen LogP contribution in [0.2, 0.25) is 5.02 Å². The van der Waals surface area contributed by atoms with Gasteiger partial charge < -0.3 is 15.5 Å². The molecular formula is C18H27ClN4O. The first-order chi connectivity index (χ1) is 11.6.